The number of methoxy groups -OCH3 is 1. The van der Waals surface area contributed by atoms with Crippen molar-refractivity contribution < 1.29 is 19.4 Å². The number of rotatable bonds is 4. The number of aryl methyl sites for hydroxylation is 1. The number of Topliss-reactive ketones (excluding diaryl/α,β-unsaturated/α-hetero) is 1. The van der Waals surface area contributed by atoms with Gasteiger partial charge in [0, 0.05) is 23.1 Å². The van der Waals surface area contributed by atoms with Crippen LogP contribution in [0.1, 0.15) is 22.7 Å². The maximum absolute atomic E-state index is 13.1. The van der Waals surface area contributed by atoms with E-state index in [0.29, 0.717) is 27.6 Å². The van der Waals surface area contributed by atoms with E-state index in [1.807, 2.05) is 6.92 Å². The summed E-state index contributed by atoms with van der Waals surface area (Å²) in [6.45, 7) is 1.85. The molecule has 1 fully saturated rings. The molecule has 31 heavy (non-hydrogen) atoms. The van der Waals surface area contributed by atoms with Gasteiger partial charge in [-0.1, -0.05) is 29.8 Å². The molecule has 1 saturated heterocycles. The fourth-order valence-electron chi connectivity index (χ4n) is 3.68. The van der Waals surface area contributed by atoms with Crippen molar-refractivity contribution in [3.05, 3.63) is 94.3 Å². The van der Waals surface area contributed by atoms with Crippen LogP contribution >= 0.6 is 11.6 Å². The molecule has 1 aliphatic heterocycles. The lowest BCUT2D eigenvalue weighted by Gasteiger charge is -2.25. The van der Waals surface area contributed by atoms with Crippen molar-refractivity contribution in [2.75, 3.05) is 12.0 Å². The van der Waals surface area contributed by atoms with Gasteiger partial charge in [0.2, 0.25) is 0 Å². The lowest BCUT2D eigenvalue weighted by molar-refractivity contribution is -0.132. The second-order valence-electron chi connectivity index (χ2n) is 7.08. The summed E-state index contributed by atoms with van der Waals surface area (Å²) in [5.74, 6) is -1.46. The lowest BCUT2D eigenvalue weighted by atomic mass is 9.95. The number of halogens is 1. The average molecular weight is 435 g/mol. The monoisotopic (exact) mass is 434 g/mol. The summed E-state index contributed by atoms with van der Waals surface area (Å²) in [6.07, 6.45) is 3.14. The number of hydrogen-bond donors (Lipinski definition) is 1. The van der Waals surface area contributed by atoms with Crippen LogP contribution < -0.4 is 9.64 Å². The van der Waals surface area contributed by atoms with Gasteiger partial charge in [0.25, 0.3) is 11.7 Å². The van der Waals surface area contributed by atoms with E-state index >= 15 is 0 Å². The summed E-state index contributed by atoms with van der Waals surface area (Å²) >= 11 is 6.29. The first-order valence-electron chi connectivity index (χ1n) is 9.54. The number of carbonyl (C=O) groups excluding carboxylic acids is 2. The van der Waals surface area contributed by atoms with E-state index in [1.165, 1.54) is 12.0 Å². The van der Waals surface area contributed by atoms with Crippen LogP contribution in [0.15, 0.2) is 72.6 Å². The van der Waals surface area contributed by atoms with E-state index in [0.717, 1.165) is 5.56 Å². The third-order valence-electron chi connectivity index (χ3n) is 5.26. The largest absolute Gasteiger partial charge is 0.507 e. The molecule has 0 radical (unpaired) electrons. The Kier molecular flexibility index (Phi) is 5.48. The number of aliphatic hydroxyl groups is 1. The number of ketones is 1. The van der Waals surface area contributed by atoms with Crippen LogP contribution in [-0.2, 0) is 9.59 Å². The molecule has 0 aliphatic carbocycles. The van der Waals surface area contributed by atoms with Crippen LogP contribution in [-0.4, -0.2) is 28.9 Å². The van der Waals surface area contributed by atoms with Crippen LogP contribution in [0.25, 0.3) is 5.76 Å². The van der Waals surface area contributed by atoms with Crippen LogP contribution in [0.3, 0.4) is 0 Å². The van der Waals surface area contributed by atoms with Crippen LogP contribution in [0, 0.1) is 6.92 Å². The van der Waals surface area contributed by atoms with E-state index in [1.54, 1.807) is 67.0 Å². The number of aromatic nitrogens is 1. The SMILES string of the molecule is COc1ccccc1/C(O)=C1\C(=O)C(=O)N(c2ccc(C)c(Cl)c2)C1c1ccncc1. The zero-order valence-corrected chi connectivity index (χ0v) is 17.6. The third-order valence-corrected chi connectivity index (χ3v) is 5.67. The summed E-state index contributed by atoms with van der Waals surface area (Å²) < 4.78 is 5.34. The number of anilines is 1. The van der Waals surface area contributed by atoms with Gasteiger partial charge in [0.05, 0.1) is 24.3 Å². The molecule has 4 rings (SSSR count). The van der Waals surface area contributed by atoms with E-state index in [4.69, 9.17) is 16.3 Å². The third kappa shape index (κ3) is 3.55. The normalized spacial score (nSPS) is 17.8. The fraction of sp³-hybridized carbons (Fsp3) is 0.125. The molecule has 0 spiro atoms. The van der Waals surface area contributed by atoms with E-state index < -0.39 is 17.7 Å². The van der Waals surface area contributed by atoms with Gasteiger partial charge in [-0.25, -0.2) is 0 Å². The van der Waals surface area contributed by atoms with Gasteiger partial charge in [-0.2, -0.15) is 0 Å². The van der Waals surface area contributed by atoms with E-state index in [-0.39, 0.29) is 11.3 Å². The van der Waals surface area contributed by atoms with Gasteiger partial charge in [-0.3, -0.25) is 19.5 Å². The second kappa shape index (κ2) is 8.24. The molecule has 1 aliphatic rings. The van der Waals surface area contributed by atoms with Gasteiger partial charge < -0.3 is 9.84 Å². The van der Waals surface area contributed by atoms with Gasteiger partial charge >= 0.3 is 0 Å². The quantitative estimate of drug-likeness (QED) is 0.366. The predicted molar refractivity (Wildman–Crippen MR) is 118 cm³/mol. The van der Waals surface area contributed by atoms with Gasteiger partial charge in [0.1, 0.15) is 11.5 Å². The van der Waals surface area contributed by atoms with Crippen LogP contribution in [0.4, 0.5) is 5.69 Å². The molecule has 0 bridgehead atoms. The molecule has 2 aromatic carbocycles. The number of para-hydroxylation sites is 1. The van der Waals surface area contributed by atoms with Crippen molar-refractivity contribution >= 4 is 34.7 Å². The maximum Gasteiger partial charge on any atom is 0.300 e. The molecule has 156 valence electrons. The number of benzene rings is 2. The maximum atomic E-state index is 13.1. The predicted octanol–water partition coefficient (Wildman–Crippen LogP) is 4.68. The zero-order valence-electron chi connectivity index (χ0n) is 16.9. The standard InChI is InChI=1S/C24H19ClN2O4/c1-14-7-8-16(13-18(14)25)27-21(15-9-11-26-12-10-15)20(23(29)24(27)30)22(28)17-5-3-4-6-19(17)31-2/h3-13,21,28H,1-2H3/b22-20+. The van der Waals surface area contributed by atoms with Gasteiger partial charge in [-0.15, -0.1) is 0 Å². The number of pyridine rings is 1. The molecule has 1 aromatic heterocycles. The van der Waals surface area contributed by atoms with Crippen molar-refractivity contribution in [2.24, 2.45) is 0 Å². The Morgan fingerprint density at radius 1 is 1.10 bits per heavy atom. The lowest BCUT2D eigenvalue weighted by Crippen LogP contribution is -2.29. The Bertz CT molecular complexity index is 1210. The highest BCUT2D eigenvalue weighted by Gasteiger charge is 2.47. The Morgan fingerprint density at radius 3 is 2.48 bits per heavy atom. The number of hydrogen-bond acceptors (Lipinski definition) is 5. The minimum atomic E-state index is -0.855. The van der Waals surface area contributed by atoms with E-state index in [2.05, 4.69) is 4.98 Å². The Balaban J connectivity index is 1.97. The minimum absolute atomic E-state index is 0.0302. The molecule has 2 heterocycles. The molecule has 1 amide bonds. The summed E-state index contributed by atoms with van der Waals surface area (Å²) in [6, 6.07) is 14.5. The summed E-state index contributed by atoms with van der Waals surface area (Å²) in [7, 11) is 1.47. The number of ether oxygens (including phenoxy) is 1. The van der Waals surface area contributed by atoms with Crippen molar-refractivity contribution in [2.45, 2.75) is 13.0 Å². The molecule has 7 heteroatoms. The first-order valence-corrected chi connectivity index (χ1v) is 9.92. The zero-order chi connectivity index (χ0) is 22.1. The molecule has 0 saturated carbocycles. The second-order valence-corrected chi connectivity index (χ2v) is 7.49. The average Bonchev–Trinajstić information content (AvgIpc) is 3.06. The smallest absolute Gasteiger partial charge is 0.300 e. The number of amides is 1. The molecule has 3 aromatic rings. The Morgan fingerprint density at radius 2 is 1.81 bits per heavy atom. The highest BCUT2D eigenvalue weighted by atomic mass is 35.5. The first kappa shape index (κ1) is 20.6. The van der Waals surface area contributed by atoms with Crippen molar-refractivity contribution in [1.29, 1.82) is 0 Å². The number of carbonyl (C=O) groups is 2. The molecule has 6 nitrogen and oxygen atoms in total. The molecular formula is C24H19ClN2O4. The summed E-state index contributed by atoms with van der Waals surface area (Å²) in [5, 5.41) is 11.6. The Hall–Kier alpha value is -3.64. The molecule has 1 unspecified atom stereocenters. The first-order chi connectivity index (χ1) is 14.9. The number of nitrogens with zero attached hydrogens (tertiary/aromatic N) is 2. The molecule has 1 N–H and O–H groups in total. The topological polar surface area (TPSA) is 79.7 Å². The van der Waals surface area contributed by atoms with Gasteiger partial charge in [-0.05, 0) is 54.4 Å². The van der Waals surface area contributed by atoms with Crippen molar-refractivity contribution in [3.8, 4) is 5.75 Å². The van der Waals surface area contributed by atoms with E-state index in [9.17, 15) is 14.7 Å². The number of aliphatic hydroxyl groups excluding tert-OH is 1. The summed E-state index contributed by atoms with van der Waals surface area (Å²) in [4.78, 5) is 31.6. The highest BCUT2D eigenvalue weighted by molar-refractivity contribution is 6.51. The van der Waals surface area contributed by atoms with Crippen LogP contribution in [0.5, 0.6) is 5.75 Å². The summed E-state index contributed by atoms with van der Waals surface area (Å²) in [5.41, 5.74) is 2.22. The molecule has 1 atom stereocenters. The minimum Gasteiger partial charge on any atom is -0.507 e. The van der Waals surface area contributed by atoms with Gasteiger partial charge in [0.15, 0.2) is 0 Å². The highest BCUT2D eigenvalue weighted by Crippen LogP contribution is 2.43. The Labute approximate surface area is 184 Å². The molecular weight excluding hydrogens is 416 g/mol. The van der Waals surface area contributed by atoms with Crippen molar-refractivity contribution in [1.82, 2.24) is 4.98 Å². The van der Waals surface area contributed by atoms with Crippen molar-refractivity contribution in [3.63, 3.8) is 0 Å². The van der Waals surface area contributed by atoms with Crippen LogP contribution in [0.2, 0.25) is 5.02 Å². The fourth-order valence-corrected chi connectivity index (χ4v) is 3.85.